The number of ketones is 1. The fourth-order valence-electron chi connectivity index (χ4n) is 3.24. The van der Waals surface area contributed by atoms with Gasteiger partial charge in [0.25, 0.3) is 0 Å². The molecule has 0 rings (SSSR count). The van der Waals surface area contributed by atoms with Crippen molar-refractivity contribution in [1.82, 2.24) is 0 Å². The molecule has 0 saturated heterocycles. The molecule has 0 fully saturated rings. The lowest BCUT2D eigenvalue weighted by Gasteiger charge is -2.34. The van der Waals surface area contributed by atoms with Crippen molar-refractivity contribution < 1.29 is 62.6 Å². The van der Waals surface area contributed by atoms with Crippen LogP contribution in [0.5, 0.6) is 0 Å². The fourth-order valence-corrected chi connectivity index (χ4v) is 3.24. The van der Waals surface area contributed by atoms with Crippen LogP contribution in [0.4, 0.5) is 52.7 Å². The number of carbonyl (C=O) groups excluding carboxylic acids is 1. The summed E-state index contributed by atoms with van der Waals surface area (Å²) in [6, 6.07) is 0. The molecule has 178 valence electrons. The first-order valence-electron chi connectivity index (χ1n) is 8.02. The van der Waals surface area contributed by atoms with E-state index in [-0.39, 0.29) is 13.8 Å². The number of allylic oxidation sites excluding steroid dienone is 2. The molecule has 1 N–H and O–H groups in total. The van der Waals surface area contributed by atoms with Crippen LogP contribution in [0.15, 0.2) is 11.3 Å². The summed E-state index contributed by atoms with van der Waals surface area (Å²) >= 11 is 0. The number of hydrogen-bond acceptors (Lipinski definition) is 2. The summed E-state index contributed by atoms with van der Waals surface area (Å²) < 4.78 is 153. The second-order valence-corrected chi connectivity index (χ2v) is 7.59. The van der Waals surface area contributed by atoms with Crippen molar-refractivity contribution in [3.63, 3.8) is 0 Å². The number of rotatable bonds is 7. The van der Waals surface area contributed by atoms with Gasteiger partial charge in [-0.3, -0.25) is 4.79 Å². The predicted molar refractivity (Wildman–Crippen MR) is 79.2 cm³/mol. The monoisotopic (exact) mass is 470 g/mol. The van der Waals surface area contributed by atoms with Gasteiger partial charge in [-0.05, 0) is 6.92 Å². The first kappa shape index (κ1) is 28.4. The molecule has 0 aromatic carbocycles. The van der Waals surface area contributed by atoms with Crippen LogP contribution in [0, 0.1) is 10.8 Å². The highest BCUT2D eigenvalue weighted by Crippen LogP contribution is 2.49. The maximum Gasteiger partial charge on any atom is 0.390 e. The highest BCUT2D eigenvalue weighted by atomic mass is 19.4. The first-order chi connectivity index (χ1) is 12.8. The molecule has 30 heavy (non-hydrogen) atoms. The van der Waals surface area contributed by atoms with E-state index in [1.807, 2.05) is 0 Å². The van der Waals surface area contributed by atoms with E-state index in [1.165, 1.54) is 0 Å². The van der Waals surface area contributed by atoms with E-state index >= 15 is 0 Å². The standard InChI is InChI=1S/C16H18F12O2/c1-8(9(29)11(2,4-13(17,18)19)5-14(20,21)22)10(30)12(3,6-15(23,24)25)7-16(26,27)28/h29H,4-7H2,1-3H3/b9-8-. The number of hydrogen-bond donors (Lipinski definition) is 1. The number of aliphatic hydroxyl groups is 1. The van der Waals surface area contributed by atoms with Crippen molar-refractivity contribution in [3.8, 4) is 0 Å². The zero-order valence-corrected chi connectivity index (χ0v) is 15.7. The van der Waals surface area contributed by atoms with Crippen LogP contribution in [0.2, 0.25) is 0 Å². The van der Waals surface area contributed by atoms with E-state index in [0.29, 0.717) is 6.92 Å². The summed E-state index contributed by atoms with van der Waals surface area (Å²) in [4.78, 5) is 12.4. The molecule has 0 aromatic heterocycles. The van der Waals surface area contributed by atoms with Crippen molar-refractivity contribution in [2.75, 3.05) is 0 Å². The molecule has 0 bridgehead atoms. The summed E-state index contributed by atoms with van der Waals surface area (Å²) in [7, 11) is 0. The Labute approximate surface area is 162 Å². The zero-order chi connectivity index (χ0) is 24.6. The van der Waals surface area contributed by atoms with E-state index in [1.54, 1.807) is 0 Å². The second kappa shape index (κ2) is 8.48. The minimum atomic E-state index is -5.33. The van der Waals surface area contributed by atoms with Crippen molar-refractivity contribution in [2.45, 2.75) is 71.2 Å². The van der Waals surface area contributed by atoms with Crippen LogP contribution in [-0.4, -0.2) is 35.6 Å². The van der Waals surface area contributed by atoms with Gasteiger partial charge in [0.15, 0.2) is 5.78 Å². The molecule has 0 amide bonds. The van der Waals surface area contributed by atoms with Crippen molar-refractivity contribution in [3.05, 3.63) is 11.3 Å². The normalized spacial score (nSPS) is 15.8. The van der Waals surface area contributed by atoms with Gasteiger partial charge in [-0.2, -0.15) is 52.7 Å². The Hall–Kier alpha value is -1.63. The molecular formula is C16H18F12O2. The maximum absolute atomic E-state index is 12.7. The summed E-state index contributed by atoms with van der Waals surface area (Å²) in [6.07, 6.45) is -30.6. The molecule has 2 nitrogen and oxygen atoms in total. The van der Waals surface area contributed by atoms with Crippen LogP contribution in [-0.2, 0) is 4.79 Å². The SMILES string of the molecule is C/C(C(=O)C(C)(CC(F)(F)F)CC(F)(F)F)=C(/O)C(C)(CC(F)(F)F)CC(F)(F)F. The molecular weight excluding hydrogens is 452 g/mol. The third kappa shape index (κ3) is 9.45. The topological polar surface area (TPSA) is 37.3 Å². The Kier molecular flexibility index (Phi) is 8.02. The Morgan fingerprint density at radius 1 is 0.600 bits per heavy atom. The molecule has 0 radical (unpaired) electrons. The Balaban J connectivity index is 6.48. The number of Topliss-reactive ketones (excluding diaryl/α,β-unsaturated/α-hetero) is 1. The fraction of sp³-hybridized carbons (Fsp3) is 0.812. The van der Waals surface area contributed by atoms with E-state index in [0.717, 1.165) is 0 Å². The molecule has 0 spiro atoms. The van der Waals surface area contributed by atoms with Crippen LogP contribution in [0.1, 0.15) is 46.5 Å². The van der Waals surface area contributed by atoms with Gasteiger partial charge >= 0.3 is 24.7 Å². The van der Waals surface area contributed by atoms with Crippen molar-refractivity contribution in [1.29, 1.82) is 0 Å². The van der Waals surface area contributed by atoms with Gasteiger partial charge in [-0.1, -0.05) is 13.8 Å². The van der Waals surface area contributed by atoms with Crippen molar-refractivity contribution in [2.24, 2.45) is 10.8 Å². The third-order valence-electron chi connectivity index (χ3n) is 4.18. The summed E-state index contributed by atoms with van der Waals surface area (Å²) in [5, 5.41) is 9.99. The molecule has 0 aliphatic rings. The van der Waals surface area contributed by atoms with Crippen LogP contribution in [0.25, 0.3) is 0 Å². The minimum Gasteiger partial charge on any atom is -0.511 e. The van der Waals surface area contributed by atoms with Crippen LogP contribution < -0.4 is 0 Å². The predicted octanol–water partition coefficient (Wildman–Crippen LogP) is 7.21. The Bertz CT molecular complexity index is 617. The average Bonchev–Trinajstić information content (AvgIpc) is 2.36. The first-order valence-corrected chi connectivity index (χ1v) is 8.02. The summed E-state index contributed by atoms with van der Waals surface area (Å²) in [5.41, 5.74) is -8.00. The van der Waals surface area contributed by atoms with Gasteiger partial charge in [-0.15, -0.1) is 0 Å². The third-order valence-corrected chi connectivity index (χ3v) is 4.18. The maximum atomic E-state index is 12.7. The molecule has 0 aliphatic heterocycles. The van der Waals surface area contributed by atoms with Gasteiger partial charge in [0.1, 0.15) is 5.76 Å². The molecule has 0 unspecified atom stereocenters. The quantitative estimate of drug-likeness (QED) is 0.243. The summed E-state index contributed by atoms with van der Waals surface area (Å²) in [5.74, 6) is -3.94. The van der Waals surface area contributed by atoms with Gasteiger partial charge in [-0.25, -0.2) is 0 Å². The molecule has 0 atom stereocenters. The van der Waals surface area contributed by atoms with Gasteiger partial charge in [0, 0.05) is 16.4 Å². The van der Waals surface area contributed by atoms with E-state index in [2.05, 4.69) is 0 Å². The lowest BCUT2D eigenvalue weighted by molar-refractivity contribution is -0.194. The van der Waals surface area contributed by atoms with Crippen LogP contribution in [0.3, 0.4) is 0 Å². The van der Waals surface area contributed by atoms with Crippen LogP contribution >= 0.6 is 0 Å². The smallest absolute Gasteiger partial charge is 0.390 e. The molecule has 0 heterocycles. The molecule has 14 heteroatoms. The highest BCUT2D eigenvalue weighted by molar-refractivity contribution is 5.99. The molecule has 0 saturated carbocycles. The lowest BCUT2D eigenvalue weighted by atomic mass is 9.72. The Morgan fingerprint density at radius 3 is 1.07 bits per heavy atom. The van der Waals surface area contributed by atoms with Gasteiger partial charge < -0.3 is 5.11 Å². The number of halogens is 12. The molecule has 0 aromatic rings. The number of aliphatic hydroxyl groups excluding tert-OH is 1. The van der Waals surface area contributed by atoms with Crippen molar-refractivity contribution >= 4 is 5.78 Å². The zero-order valence-electron chi connectivity index (χ0n) is 15.7. The van der Waals surface area contributed by atoms with E-state index in [9.17, 15) is 62.6 Å². The van der Waals surface area contributed by atoms with E-state index < -0.39 is 78.3 Å². The Morgan fingerprint density at radius 2 is 0.833 bits per heavy atom. The largest absolute Gasteiger partial charge is 0.511 e. The second-order valence-electron chi connectivity index (χ2n) is 7.59. The van der Waals surface area contributed by atoms with Gasteiger partial charge in [0.05, 0.1) is 25.7 Å². The lowest BCUT2D eigenvalue weighted by Crippen LogP contribution is -2.40. The number of alkyl halides is 12. The minimum absolute atomic E-state index is 0.220. The number of carbonyl (C=O) groups is 1. The average molecular weight is 470 g/mol. The van der Waals surface area contributed by atoms with Gasteiger partial charge in [0.2, 0.25) is 0 Å². The van der Waals surface area contributed by atoms with E-state index in [4.69, 9.17) is 0 Å². The highest BCUT2D eigenvalue weighted by Gasteiger charge is 2.53. The summed E-state index contributed by atoms with van der Waals surface area (Å²) in [6.45, 7) is 0.858. The molecule has 0 aliphatic carbocycles.